The van der Waals surface area contributed by atoms with Gasteiger partial charge < -0.3 is 4.90 Å². The van der Waals surface area contributed by atoms with Gasteiger partial charge in [0.25, 0.3) is 10.0 Å². The molecule has 1 fully saturated rings. The van der Waals surface area contributed by atoms with Crippen molar-refractivity contribution in [1.82, 2.24) is 14.7 Å². The summed E-state index contributed by atoms with van der Waals surface area (Å²) in [5.41, 5.74) is -0.419. The molecule has 4 rings (SSSR count). The number of nitrogens with zero attached hydrogens (tertiary/aromatic N) is 4. The van der Waals surface area contributed by atoms with E-state index in [-0.39, 0.29) is 10.6 Å². The Morgan fingerprint density at radius 2 is 1.82 bits per heavy atom. The van der Waals surface area contributed by atoms with Crippen LogP contribution < -0.4 is 0 Å². The van der Waals surface area contributed by atoms with Gasteiger partial charge in [-0.2, -0.15) is 26.7 Å². The number of rotatable bonds is 4. The third-order valence-electron chi connectivity index (χ3n) is 5.16. The van der Waals surface area contributed by atoms with Crippen LogP contribution in [-0.4, -0.2) is 47.6 Å². The molecule has 0 aliphatic carbocycles. The Bertz CT molecular complexity index is 1230. The lowest BCUT2D eigenvalue weighted by Crippen LogP contribution is -2.34. The number of likely N-dealkylation sites (tertiary alicyclic amines) is 1. The first-order chi connectivity index (χ1) is 15.7. The number of thioether (sulfide) groups is 1. The zero-order valence-corrected chi connectivity index (χ0v) is 20.1. The molecule has 1 aliphatic rings. The lowest BCUT2D eigenvalue weighted by atomic mass is 10.1. The van der Waals surface area contributed by atoms with Crippen molar-refractivity contribution in [3.8, 4) is 16.3 Å². The molecule has 1 aliphatic heterocycles. The van der Waals surface area contributed by atoms with Crippen LogP contribution in [0.25, 0.3) is 16.3 Å². The molecule has 0 bridgehead atoms. The van der Waals surface area contributed by atoms with Crippen LogP contribution in [0.5, 0.6) is 0 Å². The molecule has 33 heavy (non-hydrogen) atoms. The van der Waals surface area contributed by atoms with Gasteiger partial charge in [-0.25, -0.2) is 4.68 Å². The van der Waals surface area contributed by atoms with Gasteiger partial charge in [-0.15, -0.1) is 15.7 Å². The van der Waals surface area contributed by atoms with E-state index in [1.807, 2.05) is 4.90 Å². The second-order valence-electron chi connectivity index (χ2n) is 7.40. The SMILES string of the molecule is CSC(=NS(=O)(=O)c1ccc(-n2nc(C(F)(F)F)cc2-c2cccs2)cc1)N1CCCCC1. The van der Waals surface area contributed by atoms with Gasteiger partial charge in [0.2, 0.25) is 0 Å². The number of hydrogen-bond acceptors (Lipinski definition) is 5. The van der Waals surface area contributed by atoms with Crippen LogP contribution in [0.3, 0.4) is 0 Å². The van der Waals surface area contributed by atoms with Crippen molar-refractivity contribution in [1.29, 1.82) is 0 Å². The normalized spacial score (nSPS) is 15.8. The van der Waals surface area contributed by atoms with Gasteiger partial charge in [-0.1, -0.05) is 17.8 Å². The van der Waals surface area contributed by atoms with Gasteiger partial charge in [0, 0.05) is 13.1 Å². The highest BCUT2D eigenvalue weighted by Crippen LogP contribution is 2.35. The van der Waals surface area contributed by atoms with Crippen LogP contribution in [0.1, 0.15) is 25.0 Å². The van der Waals surface area contributed by atoms with Crippen LogP contribution in [0.15, 0.2) is 57.1 Å². The molecule has 1 aromatic carbocycles. The molecular formula is C21H21F3N4O2S3. The van der Waals surface area contributed by atoms with E-state index in [1.54, 1.807) is 23.8 Å². The van der Waals surface area contributed by atoms with Gasteiger partial charge >= 0.3 is 6.18 Å². The van der Waals surface area contributed by atoms with E-state index >= 15 is 0 Å². The molecule has 12 heteroatoms. The molecule has 0 atom stereocenters. The Kier molecular flexibility index (Phi) is 6.87. The predicted molar refractivity (Wildman–Crippen MR) is 125 cm³/mol. The number of halogens is 3. The average molecular weight is 515 g/mol. The summed E-state index contributed by atoms with van der Waals surface area (Å²) in [4.78, 5) is 2.55. The Balaban J connectivity index is 1.67. The van der Waals surface area contributed by atoms with Crippen LogP contribution in [0, 0.1) is 0 Å². The van der Waals surface area contributed by atoms with E-state index in [9.17, 15) is 21.6 Å². The number of piperidine rings is 1. The maximum absolute atomic E-state index is 13.3. The van der Waals surface area contributed by atoms with Crippen LogP contribution in [-0.2, 0) is 16.2 Å². The summed E-state index contributed by atoms with van der Waals surface area (Å²) >= 11 is 2.57. The minimum atomic E-state index is -4.60. The number of aromatic nitrogens is 2. The van der Waals surface area contributed by atoms with E-state index in [2.05, 4.69) is 9.50 Å². The zero-order valence-electron chi connectivity index (χ0n) is 17.6. The van der Waals surface area contributed by atoms with Crippen molar-refractivity contribution in [2.75, 3.05) is 19.3 Å². The molecule has 1 saturated heterocycles. The molecule has 0 spiro atoms. The standard InChI is InChI=1S/C21H21F3N4O2S3/c1-31-20(27-11-3-2-4-12-27)26-33(29,30)16-9-7-15(8-10-16)28-17(18-6-5-13-32-18)14-19(25-28)21(22,23)24/h5-10,13-14H,2-4,11-12H2,1H3. The Morgan fingerprint density at radius 1 is 1.12 bits per heavy atom. The molecule has 0 amide bonds. The first kappa shape index (κ1) is 23.8. The number of benzene rings is 1. The van der Waals surface area contributed by atoms with E-state index in [0.717, 1.165) is 38.4 Å². The van der Waals surface area contributed by atoms with Crippen LogP contribution >= 0.6 is 23.1 Å². The van der Waals surface area contributed by atoms with Gasteiger partial charge in [0.05, 0.1) is 21.2 Å². The summed E-state index contributed by atoms with van der Waals surface area (Å²) < 4.78 is 70.9. The Hall–Kier alpha value is -2.31. The fraction of sp³-hybridized carbons (Fsp3) is 0.333. The molecule has 3 aromatic rings. The van der Waals surface area contributed by atoms with Crippen molar-refractivity contribution in [2.45, 2.75) is 30.3 Å². The highest BCUT2D eigenvalue weighted by molar-refractivity contribution is 8.13. The summed E-state index contributed by atoms with van der Waals surface area (Å²) in [5, 5.41) is 5.94. The van der Waals surface area contributed by atoms with E-state index in [1.165, 1.54) is 52.0 Å². The number of sulfonamides is 1. The van der Waals surface area contributed by atoms with E-state index in [0.29, 0.717) is 15.7 Å². The molecule has 3 heterocycles. The summed E-state index contributed by atoms with van der Waals surface area (Å²) in [7, 11) is -3.97. The summed E-state index contributed by atoms with van der Waals surface area (Å²) in [6, 6.07) is 9.99. The highest BCUT2D eigenvalue weighted by Gasteiger charge is 2.35. The van der Waals surface area contributed by atoms with Crippen molar-refractivity contribution < 1.29 is 21.6 Å². The fourth-order valence-corrected chi connectivity index (χ4v) is 6.21. The van der Waals surface area contributed by atoms with Crippen molar-refractivity contribution in [3.63, 3.8) is 0 Å². The number of hydrogen-bond donors (Lipinski definition) is 0. The summed E-state index contributed by atoms with van der Waals surface area (Å²) in [6.07, 6.45) is 0.282. The minimum absolute atomic E-state index is 0.0318. The fourth-order valence-electron chi connectivity index (χ4n) is 3.54. The molecular weight excluding hydrogens is 493 g/mol. The number of thiophene rings is 1. The second kappa shape index (κ2) is 9.51. The molecule has 0 saturated carbocycles. The van der Waals surface area contributed by atoms with Crippen molar-refractivity contribution in [2.24, 2.45) is 4.40 Å². The second-order valence-corrected chi connectivity index (χ2v) is 10.7. The summed E-state index contributed by atoms with van der Waals surface area (Å²) in [5.74, 6) is 0. The molecule has 0 N–H and O–H groups in total. The average Bonchev–Trinajstić information content (AvgIpc) is 3.48. The highest BCUT2D eigenvalue weighted by atomic mass is 32.2. The first-order valence-corrected chi connectivity index (χ1v) is 13.7. The number of alkyl halides is 3. The van der Waals surface area contributed by atoms with Crippen LogP contribution in [0.2, 0.25) is 0 Å². The summed E-state index contributed by atoms with van der Waals surface area (Å²) in [6.45, 7) is 1.53. The third-order valence-corrected chi connectivity index (χ3v) is 8.16. The largest absolute Gasteiger partial charge is 0.435 e. The molecule has 2 aromatic heterocycles. The van der Waals surface area contributed by atoms with E-state index in [4.69, 9.17) is 0 Å². The first-order valence-electron chi connectivity index (χ1n) is 10.1. The lowest BCUT2D eigenvalue weighted by Gasteiger charge is -2.28. The smallest absolute Gasteiger partial charge is 0.351 e. The third kappa shape index (κ3) is 5.28. The van der Waals surface area contributed by atoms with Gasteiger partial charge in [-0.05, 0) is 67.3 Å². The quantitative estimate of drug-likeness (QED) is 0.339. The van der Waals surface area contributed by atoms with Gasteiger partial charge in [-0.3, -0.25) is 0 Å². The van der Waals surface area contributed by atoms with Gasteiger partial charge in [0.1, 0.15) is 0 Å². The number of amidine groups is 1. The van der Waals surface area contributed by atoms with Crippen molar-refractivity contribution in [3.05, 3.63) is 53.5 Å². The monoisotopic (exact) mass is 514 g/mol. The maximum Gasteiger partial charge on any atom is 0.435 e. The van der Waals surface area contributed by atoms with Crippen LogP contribution in [0.4, 0.5) is 13.2 Å². The topological polar surface area (TPSA) is 67.6 Å². The lowest BCUT2D eigenvalue weighted by molar-refractivity contribution is -0.141. The molecule has 176 valence electrons. The molecule has 6 nitrogen and oxygen atoms in total. The van der Waals surface area contributed by atoms with E-state index < -0.39 is 21.9 Å². The van der Waals surface area contributed by atoms with Crippen molar-refractivity contribution >= 4 is 38.3 Å². The molecule has 0 radical (unpaired) electrons. The maximum atomic E-state index is 13.3. The molecule has 0 unspecified atom stereocenters. The predicted octanol–water partition coefficient (Wildman–Crippen LogP) is 5.51. The van der Waals surface area contributed by atoms with Gasteiger partial charge in [0.15, 0.2) is 10.9 Å². The Morgan fingerprint density at radius 3 is 2.39 bits per heavy atom. The Labute approximate surface area is 198 Å². The minimum Gasteiger partial charge on any atom is -0.351 e. The zero-order chi connectivity index (χ0) is 23.6.